The maximum absolute atomic E-state index is 13.6. The van der Waals surface area contributed by atoms with E-state index in [2.05, 4.69) is 27.7 Å². The number of halogens is 1. The van der Waals surface area contributed by atoms with Crippen LogP contribution in [0.25, 0.3) is 0 Å². The van der Waals surface area contributed by atoms with Gasteiger partial charge in [-0.1, -0.05) is 39.8 Å². The number of carbonyl (C=O) groups excluding carboxylic acids is 1. The third-order valence-corrected chi connectivity index (χ3v) is 5.78. The van der Waals surface area contributed by atoms with Crippen LogP contribution in [0.5, 0.6) is 0 Å². The predicted octanol–water partition coefficient (Wildman–Crippen LogP) is 5.25. The molecule has 1 fully saturated rings. The van der Waals surface area contributed by atoms with E-state index in [9.17, 15) is 9.18 Å². The van der Waals surface area contributed by atoms with Gasteiger partial charge in [-0.2, -0.15) is 0 Å². The van der Waals surface area contributed by atoms with Crippen molar-refractivity contribution in [3.8, 4) is 0 Å². The van der Waals surface area contributed by atoms with Gasteiger partial charge in [0.25, 0.3) is 0 Å². The molecule has 0 aromatic heterocycles. The Morgan fingerprint density at radius 3 is 2.45 bits per heavy atom. The van der Waals surface area contributed by atoms with Crippen molar-refractivity contribution < 1.29 is 9.18 Å². The molecular formula is C18H25FO. The van der Waals surface area contributed by atoms with Crippen molar-refractivity contribution in [3.05, 3.63) is 35.6 Å². The molecule has 110 valence electrons. The predicted molar refractivity (Wildman–Crippen MR) is 80.3 cm³/mol. The van der Waals surface area contributed by atoms with E-state index >= 15 is 0 Å². The fraction of sp³-hybridized carbons (Fsp3) is 0.611. The van der Waals surface area contributed by atoms with Gasteiger partial charge in [-0.25, -0.2) is 4.39 Å². The minimum atomic E-state index is -0.400. The molecule has 0 amide bonds. The summed E-state index contributed by atoms with van der Waals surface area (Å²) < 4.78 is 13.6. The van der Waals surface area contributed by atoms with Gasteiger partial charge < -0.3 is 0 Å². The molecule has 1 aromatic carbocycles. The van der Waals surface area contributed by atoms with E-state index < -0.39 is 5.82 Å². The minimum absolute atomic E-state index is 0.0661. The van der Waals surface area contributed by atoms with Crippen molar-refractivity contribution >= 4 is 5.78 Å². The number of carbonyl (C=O) groups is 1. The Labute approximate surface area is 121 Å². The lowest BCUT2D eigenvalue weighted by Crippen LogP contribution is -2.31. The van der Waals surface area contributed by atoms with Gasteiger partial charge >= 0.3 is 0 Å². The second-order valence-corrected chi connectivity index (χ2v) is 7.28. The van der Waals surface area contributed by atoms with Crippen LogP contribution in [0.3, 0.4) is 0 Å². The van der Waals surface area contributed by atoms with Crippen molar-refractivity contribution in [1.82, 2.24) is 0 Å². The van der Waals surface area contributed by atoms with Gasteiger partial charge in [0, 0.05) is 6.42 Å². The first kappa shape index (κ1) is 15.2. The van der Waals surface area contributed by atoms with E-state index in [0.29, 0.717) is 17.8 Å². The molecule has 2 rings (SSSR count). The Hall–Kier alpha value is -1.18. The number of benzene rings is 1. The number of rotatable bonds is 4. The molecule has 1 atom stereocenters. The summed E-state index contributed by atoms with van der Waals surface area (Å²) in [5.41, 5.74) is 0.795. The van der Waals surface area contributed by atoms with Gasteiger partial charge in [-0.3, -0.25) is 4.79 Å². The number of Topliss-reactive ketones (excluding diaryl/α,β-unsaturated/α-hetero) is 1. The Balaban J connectivity index is 2.00. The number of hydrogen-bond acceptors (Lipinski definition) is 1. The number of ketones is 1. The number of hydrogen-bond donors (Lipinski definition) is 0. The topological polar surface area (TPSA) is 17.1 Å². The van der Waals surface area contributed by atoms with Crippen LogP contribution >= 0.6 is 0 Å². The zero-order valence-electron chi connectivity index (χ0n) is 13.0. The van der Waals surface area contributed by atoms with Gasteiger partial charge in [0.15, 0.2) is 5.78 Å². The highest BCUT2D eigenvalue weighted by Crippen LogP contribution is 2.56. The molecule has 0 aliphatic heterocycles. The highest BCUT2D eigenvalue weighted by atomic mass is 19.1. The van der Waals surface area contributed by atoms with Gasteiger partial charge in [-0.15, -0.1) is 0 Å². The summed E-state index contributed by atoms with van der Waals surface area (Å²) >= 11 is 0. The molecule has 0 bridgehead atoms. The summed E-state index contributed by atoms with van der Waals surface area (Å²) in [6.45, 7) is 9.23. The van der Waals surface area contributed by atoms with E-state index in [4.69, 9.17) is 0 Å². The van der Waals surface area contributed by atoms with Crippen LogP contribution in [-0.4, -0.2) is 5.78 Å². The van der Waals surface area contributed by atoms with Gasteiger partial charge in [0.1, 0.15) is 5.82 Å². The van der Waals surface area contributed by atoms with Crippen molar-refractivity contribution in [2.75, 3.05) is 0 Å². The smallest absolute Gasteiger partial charge is 0.165 e. The van der Waals surface area contributed by atoms with E-state index in [0.717, 1.165) is 6.42 Å². The molecule has 0 N–H and O–H groups in total. The fourth-order valence-electron chi connectivity index (χ4n) is 3.40. The third-order valence-electron chi connectivity index (χ3n) is 5.78. The second kappa shape index (κ2) is 5.31. The normalized spacial score (nSPS) is 23.8. The monoisotopic (exact) mass is 276 g/mol. The lowest BCUT2D eigenvalue weighted by atomic mass is 9.66. The SMILES string of the molecule is CC1(C)CC[C@H](CCC(=O)c2ccccc2F)C1(C)C. The summed E-state index contributed by atoms with van der Waals surface area (Å²) in [6, 6.07) is 6.28. The Morgan fingerprint density at radius 2 is 1.90 bits per heavy atom. The summed E-state index contributed by atoms with van der Waals surface area (Å²) in [7, 11) is 0. The van der Waals surface area contributed by atoms with Gasteiger partial charge in [-0.05, 0) is 48.1 Å². The fourth-order valence-corrected chi connectivity index (χ4v) is 3.40. The van der Waals surface area contributed by atoms with Crippen molar-refractivity contribution in [3.63, 3.8) is 0 Å². The molecule has 0 spiro atoms. The molecule has 1 aliphatic carbocycles. The van der Waals surface area contributed by atoms with Gasteiger partial charge in [0.05, 0.1) is 5.56 Å². The van der Waals surface area contributed by atoms with E-state index in [1.165, 1.54) is 18.9 Å². The van der Waals surface area contributed by atoms with E-state index in [1.807, 2.05) is 0 Å². The lowest BCUT2D eigenvalue weighted by molar-refractivity contribution is 0.0877. The largest absolute Gasteiger partial charge is 0.294 e. The summed E-state index contributed by atoms with van der Waals surface area (Å²) in [5.74, 6) is 0.0836. The Bertz CT molecular complexity index is 502. The minimum Gasteiger partial charge on any atom is -0.294 e. The highest BCUT2D eigenvalue weighted by molar-refractivity contribution is 5.96. The zero-order valence-corrected chi connectivity index (χ0v) is 13.0. The van der Waals surface area contributed by atoms with Crippen LogP contribution in [-0.2, 0) is 0 Å². The van der Waals surface area contributed by atoms with Crippen LogP contribution in [0.1, 0.15) is 63.7 Å². The molecule has 1 aromatic rings. The summed E-state index contributed by atoms with van der Waals surface area (Å²) in [5, 5.41) is 0. The van der Waals surface area contributed by atoms with Crippen LogP contribution in [0.2, 0.25) is 0 Å². The molecule has 1 nitrogen and oxygen atoms in total. The highest BCUT2D eigenvalue weighted by Gasteiger charge is 2.47. The summed E-state index contributed by atoms with van der Waals surface area (Å²) in [6.07, 6.45) is 3.69. The summed E-state index contributed by atoms with van der Waals surface area (Å²) in [4.78, 5) is 12.2. The molecule has 0 radical (unpaired) electrons. The molecule has 0 saturated heterocycles. The standard InChI is InChI=1S/C18H25FO/c1-17(2)12-11-13(18(17,3)4)9-10-16(20)14-7-5-6-8-15(14)19/h5-8,13H,9-12H2,1-4H3/t13-/m0/s1. The van der Waals surface area contributed by atoms with Crippen LogP contribution < -0.4 is 0 Å². The van der Waals surface area contributed by atoms with E-state index in [-0.39, 0.29) is 16.8 Å². The van der Waals surface area contributed by atoms with Crippen LogP contribution in [0.15, 0.2) is 24.3 Å². The molecule has 2 heteroatoms. The molecule has 0 unspecified atom stereocenters. The maximum Gasteiger partial charge on any atom is 0.165 e. The first-order chi connectivity index (χ1) is 9.25. The average Bonchev–Trinajstić information content (AvgIpc) is 2.57. The second-order valence-electron chi connectivity index (χ2n) is 7.28. The molecule has 1 aliphatic rings. The average molecular weight is 276 g/mol. The first-order valence-corrected chi connectivity index (χ1v) is 7.53. The molecule has 20 heavy (non-hydrogen) atoms. The lowest BCUT2D eigenvalue weighted by Gasteiger charge is -2.39. The van der Waals surface area contributed by atoms with Gasteiger partial charge in [0.2, 0.25) is 0 Å². The van der Waals surface area contributed by atoms with Crippen LogP contribution in [0, 0.1) is 22.6 Å². The van der Waals surface area contributed by atoms with Crippen molar-refractivity contribution in [2.24, 2.45) is 16.7 Å². The molecular weight excluding hydrogens is 251 g/mol. The van der Waals surface area contributed by atoms with Crippen molar-refractivity contribution in [1.29, 1.82) is 0 Å². The zero-order chi connectivity index (χ0) is 15.0. The molecule has 0 heterocycles. The third kappa shape index (κ3) is 2.65. The first-order valence-electron chi connectivity index (χ1n) is 7.53. The van der Waals surface area contributed by atoms with Crippen LogP contribution in [0.4, 0.5) is 4.39 Å². The quantitative estimate of drug-likeness (QED) is 0.686. The Morgan fingerprint density at radius 1 is 1.25 bits per heavy atom. The molecule has 1 saturated carbocycles. The Kier molecular flexibility index (Phi) is 4.04. The maximum atomic E-state index is 13.6. The van der Waals surface area contributed by atoms with Crippen molar-refractivity contribution in [2.45, 2.75) is 53.4 Å². The van der Waals surface area contributed by atoms with E-state index in [1.54, 1.807) is 18.2 Å².